The summed E-state index contributed by atoms with van der Waals surface area (Å²) in [7, 11) is 0. The molecule has 2 aromatic carbocycles. The van der Waals surface area contributed by atoms with E-state index in [4.69, 9.17) is 16.0 Å². The molecule has 1 aromatic heterocycles. The van der Waals surface area contributed by atoms with Gasteiger partial charge in [0, 0.05) is 5.56 Å². The van der Waals surface area contributed by atoms with Crippen molar-refractivity contribution in [3.8, 4) is 11.5 Å². The highest BCUT2D eigenvalue weighted by atomic mass is 35.5. The number of aliphatic imine (C=N–C) groups is 1. The maximum Gasteiger partial charge on any atom is 0.240 e. The molecule has 0 saturated carbocycles. The number of isocyanates is 1. The first kappa shape index (κ1) is 11.7. The molecule has 0 atom stereocenters. The molecule has 0 saturated heterocycles. The van der Waals surface area contributed by atoms with E-state index in [0.717, 1.165) is 5.52 Å². The number of nitrogens with zero attached hydrogens (tertiary/aromatic N) is 2. The van der Waals surface area contributed by atoms with Crippen molar-refractivity contribution >= 4 is 34.5 Å². The molecule has 3 aromatic rings. The lowest BCUT2D eigenvalue weighted by atomic mass is 10.2. The van der Waals surface area contributed by atoms with Gasteiger partial charge in [-0.05, 0) is 30.3 Å². The first-order chi connectivity index (χ1) is 9.28. The topological polar surface area (TPSA) is 55.5 Å². The molecule has 0 aliphatic carbocycles. The van der Waals surface area contributed by atoms with Gasteiger partial charge in [0.25, 0.3) is 0 Å². The Bertz CT molecular complexity index is 771. The highest BCUT2D eigenvalue weighted by Crippen LogP contribution is 2.31. The standard InChI is InChI=1S/C14H7ClN2O2/c15-10-6-5-9(7-12(10)16-8-18)14-17-11-3-1-2-4-13(11)19-14/h1-7H. The third kappa shape index (κ3) is 2.15. The van der Waals surface area contributed by atoms with Crippen LogP contribution in [0.15, 0.2) is 51.9 Å². The molecular weight excluding hydrogens is 264 g/mol. The summed E-state index contributed by atoms with van der Waals surface area (Å²) in [4.78, 5) is 18.2. The normalized spacial score (nSPS) is 10.4. The van der Waals surface area contributed by atoms with Crippen LogP contribution in [0.25, 0.3) is 22.6 Å². The molecule has 0 aliphatic heterocycles. The molecular formula is C14H7ClN2O2. The molecule has 92 valence electrons. The van der Waals surface area contributed by atoms with Crippen molar-refractivity contribution in [2.75, 3.05) is 0 Å². The van der Waals surface area contributed by atoms with E-state index in [-0.39, 0.29) is 0 Å². The number of aromatic nitrogens is 1. The summed E-state index contributed by atoms with van der Waals surface area (Å²) in [5.74, 6) is 0.459. The van der Waals surface area contributed by atoms with Gasteiger partial charge in [0.05, 0.1) is 10.7 Å². The molecule has 0 bridgehead atoms. The zero-order chi connectivity index (χ0) is 13.2. The van der Waals surface area contributed by atoms with Crippen LogP contribution in [0.1, 0.15) is 0 Å². The monoisotopic (exact) mass is 270 g/mol. The first-order valence-corrected chi connectivity index (χ1v) is 5.89. The van der Waals surface area contributed by atoms with Gasteiger partial charge in [-0.1, -0.05) is 23.7 Å². The average Bonchev–Trinajstić information content (AvgIpc) is 2.85. The van der Waals surface area contributed by atoms with Crippen molar-refractivity contribution in [3.63, 3.8) is 0 Å². The third-order valence-electron chi connectivity index (χ3n) is 2.65. The Balaban J connectivity index is 2.15. The van der Waals surface area contributed by atoms with Crippen LogP contribution in [0.3, 0.4) is 0 Å². The lowest BCUT2D eigenvalue weighted by Gasteiger charge is -1.98. The molecule has 0 aliphatic rings. The van der Waals surface area contributed by atoms with Crippen LogP contribution in [0, 0.1) is 0 Å². The van der Waals surface area contributed by atoms with E-state index < -0.39 is 0 Å². The van der Waals surface area contributed by atoms with Gasteiger partial charge >= 0.3 is 0 Å². The molecule has 3 rings (SSSR count). The summed E-state index contributed by atoms with van der Waals surface area (Å²) in [6.07, 6.45) is 1.47. The smallest absolute Gasteiger partial charge is 0.240 e. The lowest BCUT2D eigenvalue weighted by molar-refractivity contribution is 0.565. The third-order valence-corrected chi connectivity index (χ3v) is 2.97. The Morgan fingerprint density at radius 1 is 1.21 bits per heavy atom. The van der Waals surface area contributed by atoms with E-state index in [0.29, 0.717) is 27.7 Å². The summed E-state index contributed by atoms with van der Waals surface area (Å²) in [5, 5.41) is 0.378. The van der Waals surface area contributed by atoms with E-state index >= 15 is 0 Å². The SMILES string of the molecule is O=C=Nc1cc(-c2nc3ccccc3o2)ccc1Cl. The largest absolute Gasteiger partial charge is 0.436 e. The van der Waals surface area contributed by atoms with Crippen molar-refractivity contribution < 1.29 is 9.21 Å². The Labute approximate surface area is 113 Å². The molecule has 0 amide bonds. The number of hydrogen-bond acceptors (Lipinski definition) is 4. The van der Waals surface area contributed by atoms with Gasteiger partial charge < -0.3 is 4.42 Å². The highest BCUT2D eigenvalue weighted by Gasteiger charge is 2.09. The quantitative estimate of drug-likeness (QED) is 0.520. The lowest BCUT2D eigenvalue weighted by Crippen LogP contribution is -1.77. The van der Waals surface area contributed by atoms with Crippen molar-refractivity contribution in [1.82, 2.24) is 4.98 Å². The minimum absolute atomic E-state index is 0.344. The van der Waals surface area contributed by atoms with E-state index in [9.17, 15) is 4.79 Å². The second-order valence-corrected chi connectivity index (χ2v) is 4.26. The molecule has 0 spiro atoms. The fourth-order valence-corrected chi connectivity index (χ4v) is 1.94. The maximum atomic E-state index is 10.3. The van der Waals surface area contributed by atoms with Crippen LogP contribution < -0.4 is 0 Å². The van der Waals surface area contributed by atoms with E-state index in [1.54, 1.807) is 18.2 Å². The summed E-state index contributed by atoms with van der Waals surface area (Å²) in [6, 6.07) is 12.5. The highest BCUT2D eigenvalue weighted by molar-refractivity contribution is 6.33. The van der Waals surface area contributed by atoms with Gasteiger partial charge in [0.1, 0.15) is 5.52 Å². The summed E-state index contributed by atoms with van der Waals surface area (Å²) in [5.41, 5.74) is 2.52. The molecule has 0 radical (unpaired) electrons. The van der Waals surface area contributed by atoms with E-state index in [1.807, 2.05) is 24.3 Å². The van der Waals surface area contributed by atoms with Crippen molar-refractivity contribution in [3.05, 3.63) is 47.5 Å². The number of para-hydroxylation sites is 2. The number of halogens is 1. The average molecular weight is 271 g/mol. The molecule has 0 fully saturated rings. The van der Waals surface area contributed by atoms with Gasteiger partial charge in [-0.15, -0.1) is 0 Å². The van der Waals surface area contributed by atoms with Gasteiger partial charge in [-0.25, -0.2) is 9.78 Å². The van der Waals surface area contributed by atoms with Crippen LogP contribution in [0.2, 0.25) is 5.02 Å². The number of benzene rings is 2. The van der Waals surface area contributed by atoms with E-state index in [1.165, 1.54) is 6.08 Å². The molecule has 5 heteroatoms. The first-order valence-electron chi connectivity index (χ1n) is 5.51. The molecule has 19 heavy (non-hydrogen) atoms. The Hall–Kier alpha value is -2.42. The van der Waals surface area contributed by atoms with Crippen LogP contribution >= 0.6 is 11.6 Å². The van der Waals surface area contributed by atoms with Crippen molar-refractivity contribution in [2.24, 2.45) is 4.99 Å². The zero-order valence-corrected chi connectivity index (χ0v) is 10.4. The molecule has 0 unspecified atom stereocenters. The van der Waals surface area contributed by atoms with E-state index in [2.05, 4.69) is 9.98 Å². The van der Waals surface area contributed by atoms with Crippen molar-refractivity contribution in [1.29, 1.82) is 0 Å². The Morgan fingerprint density at radius 2 is 2.05 bits per heavy atom. The van der Waals surface area contributed by atoms with Crippen LogP contribution in [-0.4, -0.2) is 11.1 Å². The number of oxazole rings is 1. The van der Waals surface area contributed by atoms with Crippen LogP contribution in [-0.2, 0) is 4.79 Å². The molecule has 1 heterocycles. The zero-order valence-electron chi connectivity index (χ0n) is 9.63. The van der Waals surface area contributed by atoms with Gasteiger partial charge in [-0.2, -0.15) is 4.99 Å². The number of hydrogen-bond donors (Lipinski definition) is 0. The predicted molar refractivity (Wildman–Crippen MR) is 72.2 cm³/mol. The number of carbonyl (C=O) groups excluding carboxylic acids is 1. The minimum atomic E-state index is 0.344. The Kier molecular flexibility index (Phi) is 2.88. The van der Waals surface area contributed by atoms with Gasteiger partial charge in [0.15, 0.2) is 5.58 Å². The Morgan fingerprint density at radius 3 is 2.84 bits per heavy atom. The van der Waals surface area contributed by atoms with Crippen LogP contribution in [0.4, 0.5) is 5.69 Å². The fourth-order valence-electron chi connectivity index (χ4n) is 1.78. The second-order valence-electron chi connectivity index (χ2n) is 3.86. The maximum absolute atomic E-state index is 10.3. The van der Waals surface area contributed by atoms with Gasteiger partial charge in [-0.3, -0.25) is 0 Å². The predicted octanol–water partition coefficient (Wildman–Crippen LogP) is 4.12. The second kappa shape index (κ2) is 4.69. The summed E-state index contributed by atoms with van der Waals surface area (Å²) < 4.78 is 5.63. The van der Waals surface area contributed by atoms with Crippen LogP contribution in [0.5, 0.6) is 0 Å². The number of fused-ring (bicyclic) bond motifs is 1. The fraction of sp³-hybridized carbons (Fsp3) is 0. The van der Waals surface area contributed by atoms with Gasteiger partial charge in [0.2, 0.25) is 12.0 Å². The molecule has 0 N–H and O–H groups in total. The number of rotatable bonds is 2. The molecule has 4 nitrogen and oxygen atoms in total. The summed E-state index contributed by atoms with van der Waals surface area (Å²) >= 11 is 5.92. The minimum Gasteiger partial charge on any atom is -0.436 e. The summed E-state index contributed by atoms with van der Waals surface area (Å²) in [6.45, 7) is 0. The van der Waals surface area contributed by atoms with Crippen molar-refractivity contribution in [2.45, 2.75) is 0 Å².